The number of aromatic nitrogens is 2. The first kappa shape index (κ1) is 9.43. The van der Waals surface area contributed by atoms with E-state index in [9.17, 15) is 0 Å². The summed E-state index contributed by atoms with van der Waals surface area (Å²) in [6.45, 7) is 0. The van der Waals surface area contributed by atoms with E-state index in [1.165, 1.54) is 11.3 Å². The summed E-state index contributed by atoms with van der Waals surface area (Å²) in [5.41, 5.74) is 1.00. The van der Waals surface area contributed by atoms with E-state index in [-0.39, 0.29) is 0 Å². The zero-order chi connectivity index (χ0) is 9.80. The van der Waals surface area contributed by atoms with Crippen molar-refractivity contribution in [3.05, 3.63) is 35.3 Å². The first-order chi connectivity index (χ1) is 6.88. The lowest BCUT2D eigenvalue weighted by molar-refractivity contribution is 1.04. The average molecular weight is 226 g/mol. The third-order valence-electron chi connectivity index (χ3n) is 1.61. The molecule has 1 aromatic heterocycles. The molecule has 0 saturated heterocycles. The van der Waals surface area contributed by atoms with Gasteiger partial charge in [0.15, 0.2) is 0 Å². The standard InChI is InChI=1S/C9H8ClN3S/c10-6-8-12-13-9(14-8)11-7-4-2-1-3-5-7/h1-5H,6H2,(H,11,13). The molecule has 3 nitrogen and oxygen atoms in total. The Bertz CT molecular complexity index is 401. The summed E-state index contributed by atoms with van der Waals surface area (Å²) in [6, 6.07) is 9.84. The number of hydrogen-bond donors (Lipinski definition) is 1. The van der Waals surface area contributed by atoms with Gasteiger partial charge in [0.2, 0.25) is 5.13 Å². The molecule has 0 unspecified atom stereocenters. The van der Waals surface area contributed by atoms with Gasteiger partial charge >= 0.3 is 0 Å². The number of benzene rings is 1. The summed E-state index contributed by atoms with van der Waals surface area (Å²) in [4.78, 5) is 0. The maximum atomic E-state index is 5.62. The topological polar surface area (TPSA) is 37.8 Å². The molecule has 1 heterocycles. The van der Waals surface area contributed by atoms with Crippen LogP contribution in [0.15, 0.2) is 30.3 Å². The van der Waals surface area contributed by atoms with E-state index in [2.05, 4.69) is 15.5 Å². The van der Waals surface area contributed by atoms with Crippen molar-refractivity contribution in [2.24, 2.45) is 0 Å². The maximum absolute atomic E-state index is 5.62. The van der Waals surface area contributed by atoms with Crippen molar-refractivity contribution in [3.63, 3.8) is 0 Å². The lowest BCUT2D eigenvalue weighted by atomic mass is 10.3. The number of hydrogen-bond acceptors (Lipinski definition) is 4. The third-order valence-corrected chi connectivity index (χ3v) is 2.86. The first-order valence-electron chi connectivity index (χ1n) is 4.09. The van der Waals surface area contributed by atoms with Gasteiger partial charge in [-0.25, -0.2) is 0 Å². The molecule has 1 N–H and O–H groups in total. The molecule has 0 radical (unpaired) electrons. The van der Waals surface area contributed by atoms with E-state index in [0.29, 0.717) is 5.88 Å². The van der Waals surface area contributed by atoms with Gasteiger partial charge in [-0.2, -0.15) is 0 Å². The van der Waals surface area contributed by atoms with Crippen molar-refractivity contribution in [1.82, 2.24) is 10.2 Å². The minimum atomic E-state index is 0.411. The predicted molar refractivity (Wildman–Crippen MR) is 59.2 cm³/mol. The smallest absolute Gasteiger partial charge is 0.210 e. The summed E-state index contributed by atoms with van der Waals surface area (Å²) < 4.78 is 0. The van der Waals surface area contributed by atoms with Crippen LogP contribution in [-0.2, 0) is 5.88 Å². The van der Waals surface area contributed by atoms with Gasteiger partial charge in [0.05, 0.1) is 5.88 Å². The van der Waals surface area contributed by atoms with Gasteiger partial charge in [0.1, 0.15) is 5.01 Å². The van der Waals surface area contributed by atoms with E-state index < -0.39 is 0 Å². The molecule has 0 aliphatic carbocycles. The van der Waals surface area contributed by atoms with E-state index >= 15 is 0 Å². The molecule has 2 rings (SSSR count). The summed E-state index contributed by atoms with van der Waals surface area (Å²) in [6.07, 6.45) is 0. The van der Waals surface area contributed by atoms with Crippen molar-refractivity contribution in [1.29, 1.82) is 0 Å². The molecule has 1 aromatic carbocycles. The van der Waals surface area contributed by atoms with Crippen LogP contribution in [0.3, 0.4) is 0 Å². The molecular formula is C9H8ClN3S. The van der Waals surface area contributed by atoms with Gasteiger partial charge in [-0.05, 0) is 12.1 Å². The number of nitrogens with one attached hydrogen (secondary N) is 1. The molecule has 0 bridgehead atoms. The Balaban J connectivity index is 2.11. The van der Waals surface area contributed by atoms with Gasteiger partial charge in [0, 0.05) is 5.69 Å². The number of rotatable bonds is 3. The maximum Gasteiger partial charge on any atom is 0.210 e. The molecule has 0 fully saturated rings. The molecule has 0 amide bonds. The summed E-state index contributed by atoms with van der Waals surface area (Å²) in [7, 11) is 0. The van der Waals surface area contributed by atoms with Crippen LogP contribution in [0.1, 0.15) is 5.01 Å². The highest BCUT2D eigenvalue weighted by molar-refractivity contribution is 7.15. The second-order valence-corrected chi connectivity index (χ2v) is 3.95. The van der Waals surface area contributed by atoms with E-state index in [1.54, 1.807) is 0 Å². The van der Waals surface area contributed by atoms with Crippen molar-refractivity contribution < 1.29 is 0 Å². The second kappa shape index (κ2) is 4.39. The molecule has 0 aliphatic heterocycles. The quantitative estimate of drug-likeness (QED) is 0.816. The highest BCUT2D eigenvalue weighted by Crippen LogP contribution is 2.20. The van der Waals surface area contributed by atoms with Crippen molar-refractivity contribution >= 4 is 33.8 Å². The Hall–Kier alpha value is -1.13. The van der Waals surface area contributed by atoms with Crippen LogP contribution in [0.2, 0.25) is 0 Å². The minimum absolute atomic E-state index is 0.411. The van der Waals surface area contributed by atoms with Crippen LogP contribution in [0.4, 0.5) is 10.8 Å². The summed E-state index contributed by atoms with van der Waals surface area (Å²) in [5.74, 6) is 0.411. The highest BCUT2D eigenvalue weighted by Gasteiger charge is 2.01. The molecule has 0 spiro atoms. The predicted octanol–water partition coefficient (Wildman–Crippen LogP) is 3.02. The monoisotopic (exact) mass is 225 g/mol. The third kappa shape index (κ3) is 2.21. The van der Waals surface area contributed by atoms with Crippen LogP contribution in [0.25, 0.3) is 0 Å². The van der Waals surface area contributed by atoms with Crippen LogP contribution in [0, 0.1) is 0 Å². The van der Waals surface area contributed by atoms with Gasteiger partial charge in [0.25, 0.3) is 0 Å². The molecule has 0 saturated carbocycles. The van der Waals surface area contributed by atoms with Crippen molar-refractivity contribution in [3.8, 4) is 0 Å². The molecular weight excluding hydrogens is 218 g/mol. The Kier molecular flexibility index (Phi) is 2.96. The van der Waals surface area contributed by atoms with Crippen molar-refractivity contribution in [2.45, 2.75) is 5.88 Å². The lowest BCUT2D eigenvalue weighted by Crippen LogP contribution is -1.87. The average Bonchev–Trinajstić information content (AvgIpc) is 2.67. The zero-order valence-corrected chi connectivity index (χ0v) is 8.85. The summed E-state index contributed by atoms with van der Waals surface area (Å²) in [5, 5.41) is 12.6. The van der Waals surface area contributed by atoms with Crippen LogP contribution in [-0.4, -0.2) is 10.2 Å². The second-order valence-electron chi connectivity index (χ2n) is 2.63. The Morgan fingerprint density at radius 1 is 1.21 bits per heavy atom. The summed E-state index contributed by atoms with van der Waals surface area (Å²) >= 11 is 7.09. The largest absolute Gasteiger partial charge is 0.330 e. The van der Waals surface area contributed by atoms with E-state index in [4.69, 9.17) is 11.6 Å². The molecule has 0 atom stereocenters. The van der Waals surface area contributed by atoms with Crippen LogP contribution >= 0.6 is 22.9 Å². The number of anilines is 2. The van der Waals surface area contributed by atoms with Gasteiger partial charge < -0.3 is 5.32 Å². The van der Waals surface area contributed by atoms with Gasteiger partial charge in [-0.15, -0.1) is 21.8 Å². The van der Waals surface area contributed by atoms with Crippen LogP contribution in [0.5, 0.6) is 0 Å². The zero-order valence-electron chi connectivity index (χ0n) is 7.27. The minimum Gasteiger partial charge on any atom is -0.330 e. The number of para-hydroxylation sites is 1. The Morgan fingerprint density at radius 3 is 2.64 bits per heavy atom. The van der Waals surface area contributed by atoms with E-state index in [0.717, 1.165) is 15.8 Å². The molecule has 2 aromatic rings. The number of nitrogens with zero attached hydrogens (tertiary/aromatic N) is 2. The lowest BCUT2D eigenvalue weighted by Gasteiger charge is -1.99. The fourth-order valence-electron chi connectivity index (χ4n) is 1.00. The highest BCUT2D eigenvalue weighted by atomic mass is 35.5. The number of halogens is 1. The fourth-order valence-corrected chi connectivity index (χ4v) is 1.83. The van der Waals surface area contributed by atoms with Gasteiger partial charge in [-0.3, -0.25) is 0 Å². The molecule has 0 aliphatic rings. The van der Waals surface area contributed by atoms with Gasteiger partial charge in [-0.1, -0.05) is 29.5 Å². The van der Waals surface area contributed by atoms with Crippen molar-refractivity contribution in [2.75, 3.05) is 5.32 Å². The van der Waals surface area contributed by atoms with E-state index in [1.807, 2.05) is 30.3 Å². The van der Waals surface area contributed by atoms with Crippen LogP contribution < -0.4 is 5.32 Å². The fraction of sp³-hybridized carbons (Fsp3) is 0.111. The Morgan fingerprint density at radius 2 is 2.00 bits per heavy atom. The molecule has 14 heavy (non-hydrogen) atoms. The first-order valence-corrected chi connectivity index (χ1v) is 5.44. The normalized spacial score (nSPS) is 10.1. The molecule has 5 heteroatoms. The SMILES string of the molecule is ClCc1nnc(Nc2ccccc2)s1. The number of alkyl halides is 1. The molecule has 72 valence electrons. The Labute approximate surface area is 90.8 Å².